The number of anilines is 3. The number of nitrogens with zero attached hydrogens (tertiary/aromatic N) is 2. The number of aliphatic carboxylic acids is 1. The maximum Gasteiger partial charge on any atom is 0.490 e. The maximum absolute atomic E-state index is 15.0. The van der Waals surface area contributed by atoms with Crippen molar-refractivity contribution in [3.05, 3.63) is 89.1 Å². The number of ether oxygens (including phenoxy) is 1. The van der Waals surface area contributed by atoms with Gasteiger partial charge in [0.05, 0.1) is 18.0 Å². The van der Waals surface area contributed by atoms with E-state index in [2.05, 4.69) is 15.6 Å². The second kappa shape index (κ2) is 15.8. The molecule has 4 bridgehead atoms. The minimum atomic E-state index is -5.08. The third-order valence-electron chi connectivity index (χ3n) is 9.17. The second-order valence-electron chi connectivity index (χ2n) is 12.7. The minimum absolute atomic E-state index is 0.102. The molecule has 7 N–H and O–H groups in total. The number of hydrogen-bond donors (Lipinski definition) is 6. The molecule has 0 aliphatic carbocycles. The SMILES string of the molecule is CCC1c2cc(ccc2P(=O)(O)O)NC(=O)OC[C@H](C)c2ccc(cc2C)C(CC)(Nc2ccc3c(N)nccc3c2)C(=O)N1C.O=C(O)C(F)(F)F. The summed E-state index contributed by atoms with van der Waals surface area (Å²) in [5, 5.41) is 14.8. The van der Waals surface area contributed by atoms with Crippen molar-refractivity contribution in [1.29, 1.82) is 0 Å². The lowest BCUT2D eigenvalue weighted by Gasteiger charge is -2.41. The van der Waals surface area contributed by atoms with Crippen molar-refractivity contribution in [1.82, 2.24) is 9.88 Å². The van der Waals surface area contributed by atoms with Gasteiger partial charge in [-0.25, -0.2) is 14.6 Å². The van der Waals surface area contributed by atoms with Gasteiger partial charge in [0.1, 0.15) is 11.4 Å². The predicted molar refractivity (Wildman–Crippen MR) is 194 cm³/mol. The number of carbonyl (C=O) groups is 3. The number of carbonyl (C=O) groups excluding carboxylic acids is 2. The molecule has 3 aromatic carbocycles. The lowest BCUT2D eigenvalue weighted by molar-refractivity contribution is -0.192. The number of nitrogen functional groups attached to an aromatic ring is 1. The summed E-state index contributed by atoms with van der Waals surface area (Å²) in [6.07, 6.45) is -3.46. The van der Waals surface area contributed by atoms with Crippen LogP contribution in [0.5, 0.6) is 0 Å². The molecule has 2 amide bonds. The van der Waals surface area contributed by atoms with Gasteiger partial charge in [-0.2, -0.15) is 13.2 Å². The molecular formula is C36H41F3N5O8P. The highest BCUT2D eigenvalue weighted by atomic mass is 31.2. The molecule has 53 heavy (non-hydrogen) atoms. The monoisotopic (exact) mass is 759 g/mol. The molecule has 3 heterocycles. The molecule has 17 heteroatoms. The van der Waals surface area contributed by atoms with Crippen LogP contribution >= 0.6 is 7.60 Å². The standard InChI is InChI=1S/C34H40N5O6P.C2HF3O2/c1-6-29-28-18-24(10-13-30(28)46(42,43)44)37-33(41)45-19-21(4)26-11-8-23(16-20(26)3)34(7-2,32(40)39(29)5)38-25-9-12-27-22(17-25)14-15-36-31(27)35;3-2(4,5)1(6)7/h8-18,21,29,38H,6-7,19H2,1-5H3,(H2,35,36)(H,37,41)(H2,42,43,44);(H,6,7)/t21-,29?,34?;/m0./s1. The lowest BCUT2D eigenvalue weighted by atomic mass is 9.82. The molecule has 2 aliphatic heterocycles. The first-order valence-corrected chi connectivity index (χ1v) is 18.1. The molecule has 1 aromatic heterocycles. The molecule has 6 rings (SSSR count). The molecule has 2 aliphatic rings. The van der Waals surface area contributed by atoms with Crippen LogP contribution in [0.4, 0.5) is 35.2 Å². The van der Waals surface area contributed by atoms with E-state index in [4.69, 9.17) is 20.4 Å². The molecule has 0 spiro atoms. The van der Waals surface area contributed by atoms with Gasteiger partial charge in [0, 0.05) is 35.9 Å². The van der Waals surface area contributed by atoms with Crippen LogP contribution in [0.25, 0.3) is 10.8 Å². The molecule has 0 saturated carbocycles. The van der Waals surface area contributed by atoms with Crippen LogP contribution in [-0.4, -0.2) is 62.6 Å². The lowest BCUT2D eigenvalue weighted by Crippen LogP contribution is -2.51. The molecule has 0 saturated heterocycles. The van der Waals surface area contributed by atoms with Gasteiger partial charge >= 0.3 is 25.8 Å². The van der Waals surface area contributed by atoms with Gasteiger partial charge in [-0.1, -0.05) is 39.0 Å². The number of pyridine rings is 1. The molecule has 284 valence electrons. The number of aryl methyl sites for hydroxylation is 1. The first-order valence-electron chi connectivity index (χ1n) is 16.5. The average Bonchev–Trinajstić information content (AvgIpc) is 3.08. The third kappa shape index (κ3) is 8.90. The molecule has 2 unspecified atom stereocenters. The highest BCUT2D eigenvalue weighted by molar-refractivity contribution is 7.60. The summed E-state index contributed by atoms with van der Waals surface area (Å²) in [5.41, 5.74) is 8.66. The van der Waals surface area contributed by atoms with Crippen LogP contribution in [0.1, 0.15) is 67.8 Å². The Bertz CT molecular complexity index is 2070. The number of carboxylic acid groups (broad SMARTS) is 1. The third-order valence-corrected chi connectivity index (χ3v) is 10.2. The number of nitrogens with one attached hydrogen (secondary N) is 2. The number of halogens is 3. The number of alkyl halides is 3. The van der Waals surface area contributed by atoms with E-state index in [1.54, 1.807) is 13.2 Å². The van der Waals surface area contributed by atoms with Crippen molar-refractivity contribution in [3.63, 3.8) is 0 Å². The Hall–Kier alpha value is -5.18. The second-order valence-corrected chi connectivity index (χ2v) is 14.2. The van der Waals surface area contributed by atoms with Crippen molar-refractivity contribution in [3.8, 4) is 0 Å². The Morgan fingerprint density at radius 2 is 1.77 bits per heavy atom. The van der Waals surface area contributed by atoms with E-state index in [1.807, 2.05) is 70.2 Å². The van der Waals surface area contributed by atoms with Gasteiger partial charge in [0.2, 0.25) is 0 Å². The van der Waals surface area contributed by atoms with Gasteiger partial charge in [0.15, 0.2) is 0 Å². The Kier molecular flexibility index (Phi) is 12.1. The summed E-state index contributed by atoms with van der Waals surface area (Å²) in [5.74, 6) is -2.79. The van der Waals surface area contributed by atoms with Crippen LogP contribution in [0, 0.1) is 6.92 Å². The highest BCUT2D eigenvalue weighted by Gasteiger charge is 2.44. The molecule has 0 radical (unpaired) electrons. The topological polar surface area (TPSA) is 204 Å². The van der Waals surface area contributed by atoms with Gasteiger partial charge in [0.25, 0.3) is 5.91 Å². The van der Waals surface area contributed by atoms with E-state index in [1.165, 1.54) is 23.1 Å². The fraction of sp³-hybridized carbons (Fsp3) is 0.333. The molecule has 4 aromatic rings. The van der Waals surface area contributed by atoms with Gasteiger partial charge in [-0.15, -0.1) is 0 Å². The van der Waals surface area contributed by atoms with E-state index in [-0.39, 0.29) is 29.3 Å². The number of carboxylic acids is 1. The Balaban J connectivity index is 0.000000815. The fourth-order valence-electron chi connectivity index (χ4n) is 6.47. The fourth-order valence-corrected chi connectivity index (χ4v) is 7.28. The highest BCUT2D eigenvalue weighted by Crippen LogP contribution is 2.42. The first-order chi connectivity index (χ1) is 24.7. The minimum Gasteiger partial charge on any atom is -0.475 e. The normalized spacial score (nSPS) is 19.5. The van der Waals surface area contributed by atoms with E-state index >= 15 is 4.79 Å². The molecule has 0 fully saturated rings. The number of benzene rings is 3. The largest absolute Gasteiger partial charge is 0.490 e. The van der Waals surface area contributed by atoms with Crippen LogP contribution in [0.2, 0.25) is 0 Å². The van der Waals surface area contributed by atoms with Crippen molar-refractivity contribution in [2.75, 3.05) is 30.0 Å². The van der Waals surface area contributed by atoms with E-state index in [9.17, 15) is 32.3 Å². The summed E-state index contributed by atoms with van der Waals surface area (Å²) < 4.78 is 50.0. The predicted octanol–water partition coefficient (Wildman–Crippen LogP) is 6.55. The summed E-state index contributed by atoms with van der Waals surface area (Å²) in [7, 11) is -3.13. The number of rotatable bonds is 5. The number of aromatic nitrogens is 1. The van der Waals surface area contributed by atoms with E-state index < -0.39 is 37.4 Å². The van der Waals surface area contributed by atoms with Gasteiger partial charge in [-0.05, 0) is 89.9 Å². The van der Waals surface area contributed by atoms with Crippen molar-refractivity contribution in [2.24, 2.45) is 0 Å². The summed E-state index contributed by atoms with van der Waals surface area (Å²) >= 11 is 0. The number of amides is 2. The van der Waals surface area contributed by atoms with Crippen LogP contribution in [0.15, 0.2) is 66.9 Å². The summed E-state index contributed by atoms with van der Waals surface area (Å²) in [4.78, 5) is 63.0. The van der Waals surface area contributed by atoms with Crippen molar-refractivity contribution in [2.45, 2.75) is 64.2 Å². The zero-order chi connectivity index (χ0) is 39.5. The number of nitrogens with two attached hydrogens (primary N) is 1. The van der Waals surface area contributed by atoms with Crippen LogP contribution in [-0.2, 0) is 24.4 Å². The Labute approximate surface area is 303 Å². The molecular weight excluding hydrogens is 718 g/mol. The van der Waals surface area contributed by atoms with Gasteiger partial charge in [-0.3, -0.25) is 14.7 Å². The van der Waals surface area contributed by atoms with E-state index in [0.29, 0.717) is 30.0 Å². The van der Waals surface area contributed by atoms with Crippen LogP contribution < -0.4 is 21.7 Å². The van der Waals surface area contributed by atoms with Crippen molar-refractivity contribution < 1.29 is 51.8 Å². The quantitative estimate of drug-likeness (QED) is 0.120. The Morgan fingerprint density at radius 3 is 2.36 bits per heavy atom. The van der Waals surface area contributed by atoms with Crippen molar-refractivity contribution >= 4 is 58.8 Å². The maximum atomic E-state index is 15.0. The number of fused-ring (bicyclic) bond motifs is 10. The number of hydrogen-bond acceptors (Lipinski definition) is 8. The Morgan fingerprint density at radius 1 is 1.09 bits per heavy atom. The first kappa shape index (κ1) is 40.6. The van der Waals surface area contributed by atoms with Gasteiger partial charge < -0.3 is 35.6 Å². The summed E-state index contributed by atoms with van der Waals surface area (Å²) in [6.45, 7) is 7.79. The summed E-state index contributed by atoms with van der Waals surface area (Å²) in [6, 6.07) is 16.8. The zero-order valence-electron chi connectivity index (χ0n) is 29.6. The average molecular weight is 760 g/mol. The molecule has 13 nitrogen and oxygen atoms in total. The smallest absolute Gasteiger partial charge is 0.475 e. The molecule has 3 atom stereocenters. The van der Waals surface area contributed by atoms with E-state index in [0.717, 1.165) is 27.5 Å². The zero-order valence-corrected chi connectivity index (χ0v) is 30.5. The number of likely N-dealkylation sites (N-methyl/N-ethyl adjacent to an activating group) is 1. The van der Waals surface area contributed by atoms with Crippen LogP contribution in [0.3, 0.4) is 0 Å².